The molecular weight excluding hydrogens is 230 g/mol. The van der Waals surface area contributed by atoms with Crippen LogP contribution in [-0.4, -0.2) is 39.3 Å². The fourth-order valence-electron chi connectivity index (χ4n) is 1.72. The number of carbonyl (C=O) groups is 1. The number of H-pyrrole nitrogens is 1. The Kier molecular flexibility index (Phi) is 5.34. The van der Waals surface area contributed by atoms with Crippen molar-refractivity contribution >= 4 is 5.91 Å². The van der Waals surface area contributed by atoms with Gasteiger partial charge < -0.3 is 10.0 Å². The highest BCUT2D eigenvalue weighted by atomic mass is 16.3. The van der Waals surface area contributed by atoms with E-state index < -0.39 is 6.10 Å². The third-order valence-electron chi connectivity index (χ3n) is 2.86. The highest BCUT2D eigenvalue weighted by molar-refractivity contribution is 5.80. The molecule has 0 saturated carbocycles. The van der Waals surface area contributed by atoms with Gasteiger partial charge in [-0.05, 0) is 18.4 Å². The van der Waals surface area contributed by atoms with Gasteiger partial charge in [-0.2, -0.15) is 5.10 Å². The van der Waals surface area contributed by atoms with Crippen LogP contribution in [0.25, 0.3) is 0 Å². The van der Waals surface area contributed by atoms with Gasteiger partial charge >= 0.3 is 0 Å². The summed E-state index contributed by atoms with van der Waals surface area (Å²) in [6.45, 7) is 6.19. The fourth-order valence-corrected chi connectivity index (χ4v) is 1.72. The molecule has 1 atom stereocenters. The first-order valence-electron chi connectivity index (χ1n) is 6.41. The Bertz CT molecular complexity index is 387. The van der Waals surface area contributed by atoms with Gasteiger partial charge in [-0.15, -0.1) is 0 Å². The van der Waals surface area contributed by atoms with E-state index in [0.717, 1.165) is 24.2 Å². The van der Waals surface area contributed by atoms with Crippen molar-refractivity contribution in [1.29, 1.82) is 0 Å². The van der Waals surface area contributed by atoms with E-state index in [0.29, 0.717) is 6.54 Å². The maximum atomic E-state index is 11.9. The average Bonchev–Trinajstić information content (AvgIpc) is 2.75. The van der Waals surface area contributed by atoms with Crippen LogP contribution in [0, 0.1) is 5.92 Å². The molecule has 0 aromatic carbocycles. The fraction of sp³-hybridized carbons (Fsp3) is 0.692. The standard InChI is InChI=1S/C13H23N3O2/c1-5-6-10-7-11(15-14-10)8-16(4)13(18)12(17)9(2)3/h7,9,12,17H,5-6,8H2,1-4H3,(H,14,15)/t12-/m1/s1. The van der Waals surface area contributed by atoms with Crippen molar-refractivity contribution in [3.63, 3.8) is 0 Å². The van der Waals surface area contributed by atoms with Gasteiger partial charge in [0.1, 0.15) is 6.10 Å². The van der Waals surface area contributed by atoms with Crippen LogP contribution in [0.4, 0.5) is 0 Å². The minimum absolute atomic E-state index is 0.0719. The number of nitrogens with zero attached hydrogens (tertiary/aromatic N) is 2. The molecule has 0 aliphatic rings. The van der Waals surface area contributed by atoms with Crippen LogP contribution < -0.4 is 0 Å². The SMILES string of the molecule is CCCc1cc(CN(C)C(=O)[C@H](O)C(C)C)[nH]n1. The highest BCUT2D eigenvalue weighted by Gasteiger charge is 2.22. The van der Waals surface area contributed by atoms with Crippen molar-refractivity contribution < 1.29 is 9.90 Å². The predicted molar refractivity (Wildman–Crippen MR) is 69.9 cm³/mol. The lowest BCUT2D eigenvalue weighted by molar-refractivity contribution is -0.141. The normalized spacial score (nSPS) is 12.8. The number of aliphatic hydroxyl groups is 1. The summed E-state index contributed by atoms with van der Waals surface area (Å²) in [7, 11) is 1.69. The van der Waals surface area contributed by atoms with Crippen molar-refractivity contribution in [3.05, 3.63) is 17.5 Å². The van der Waals surface area contributed by atoms with E-state index >= 15 is 0 Å². The van der Waals surface area contributed by atoms with E-state index in [-0.39, 0.29) is 11.8 Å². The van der Waals surface area contributed by atoms with Crippen molar-refractivity contribution in [2.45, 2.75) is 46.3 Å². The Hall–Kier alpha value is -1.36. The van der Waals surface area contributed by atoms with Crippen molar-refractivity contribution in [1.82, 2.24) is 15.1 Å². The molecule has 102 valence electrons. The Morgan fingerprint density at radius 1 is 1.56 bits per heavy atom. The van der Waals surface area contributed by atoms with E-state index in [4.69, 9.17) is 0 Å². The van der Waals surface area contributed by atoms with Gasteiger partial charge in [-0.3, -0.25) is 9.89 Å². The summed E-state index contributed by atoms with van der Waals surface area (Å²) >= 11 is 0. The number of aromatic amines is 1. The van der Waals surface area contributed by atoms with Gasteiger partial charge in [0.2, 0.25) is 0 Å². The summed E-state index contributed by atoms with van der Waals surface area (Å²) in [4.78, 5) is 13.4. The maximum Gasteiger partial charge on any atom is 0.251 e. The first-order valence-corrected chi connectivity index (χ1v) is 6.41. The molecular formula is C13H23N3O2. The summed E-state index contributed by atoms with van der Waals surface area (Å²) in [5.74, 6) is -0.325. The minimum Gasteiger partial charge on any atom is -0.383 e. The molecule has 2 N–H and O–H groups in total. The minimum atomic E-state index is -0.937. The second kappa shape index (κ2) is 6.54. The van der Waals surface area contributed by atoms with Crippen LogP contribution in [0.2, 0.25) is 0 Å². The lowest BCUT2D eigenvalue weighted by atomic mass is 10.1. The molecule has 5 nitrogen and oxygen atoms in total. The van der Waals surface area contributed by atoms with Crippen LogP contribution in [0.1, 0.15) is 38.6 Å². The Balaban J connectivity index is 2.57. The Morgan fingerprint density at radius 3 is 2.78 bits per heavy atom. The molecule has 1 aromatic rings. The molecule has 0 fully saturated rings. The number of hydrogen-bond donors (Lipinski definition) is 2. The van der Waals surface area contributed by atoms with Crippen molar-refractivity contribution in [2.24, 2.45) is 5.92 Å². The molecule has 0 aliphatic carbocycles. The largest absolute Gasteiger partial charge is 0.383 e. The number of amides is 1. The first-order chi connectivity index (χ1) is 8.45. The third-order valence-corrected chi connectivity index (χ3v) is 2.86. The molecule has 0 saturated heterocycles. The zero-order chi connectivity index (χ0) is 13.7. The van der Waals surface area contributed by atoms with Gasteiger partial charge in [0.05, 0.1) is 17.9 Å². The van der Waals surface area contributed by atoms with Crippen LogP contribution in [0.15, 0.2) is 6.07 Å². The molecule has 0 spiro atoms. The number of rotatable bonds is 6. The van der Waals surface area contributed by atoms with Crippen molar-refractivity contribution in [2.75, 3.05) is 7.05 Å². The van der Waals surface area contributed by atoms with Gasteiger partial charge in [-0.1, -0.05) is 27.2 Å². The number of aryl methyl sites for hydroxylation is 1. The topological polar surface area (TPSA) is 69.2 Å². The maximum absolute atomic E-state index is 11.9. The molecule has 1 rings (SSSR count). The van der Waals surface area contributed by atoms with Crippen LogP contribution in [0.3, 0.4) is 0 Å². The van der Waals surface area contributed by atoms with Crippen LogP contribution >= 0.6 is 0 Å². The molecule has 5 heteroatoms. The highest BCUT2D eigenvalue weighted by Crippen LogP contribution is 2.09. The lowest BCUT2D eigenvalue weighted by Gasteiger charge is -2.21. The zero-order valence-electron chi connectivity index (χ0n) is 11.6. The molecule has 0 radical (unpaired) electrons. The summed E-state index contributed by atoms with van der Waals surface area (Å²) < 4.78 is 0. The van der Waals surface area contributed by atoms with Crippen LogP contribution in [0.5, 0.6) is 0 Å². The number of aromatic nitrogens is 2. The lowest BCUT2D eigenvalue weighted by Crippen LogP contribution is -2.38. The van der Waals surface area contributed by atoms with E-state index in [1.54, 1.807) is 7.05 Å². The summed E-state index contributed by atoms with van der Waals surface area (Å²) in [5.41, 5.74) is 1.91. The molecule has 0 bridgehead atoms. The smallest absolute Gasteiger partial charge is 0.251 e. The Labute approximate surface area is 108 Å². The molecule has 0 unspecified atom stereocenters. The van der Waals surface area contributed by atoms with Gasteiger partial charge in [-0.25, -0.2) is 0 Å². The zero-order valence-corrected chi connectivity index (χ0v) is 11.6. The average molecular weight is 253 g/mol. The molecule has 0 aliphatic heterocycles. The predicted octanol–water partition coefficient (Wildman–Crippen LogP) is 1.34. The van der Waals surface area contributed by atoms with Gasteiger partial charge in [0, 0.05) is 7.05 Å². The number of hydrogen-bond acceptors (Lipinski definition) is 3. The quantitative estimate of drug-likeness (QED) is 0.803. The van der Waals surface area contributed by atoms with Crippen molar-refractivity contribution in [3.8, 4) is 0 Å². The second-order valence-electron chi connectivity index (χ2n) is 5.02. The molecule has 1 heterocycles. The van der Waals surface area contributed by atoms with E-state index in [1.807, 2.05) is 19.9 Å². The molecule has 1 amide bonds. The van der Waals surface area contributed by atoms with Gasteiger partial charge in [0.25, 0.3) is 5.91 Å². The van der Waals surface area contributed by atoms with E-state index in [2.05, 4.69) is 17.1 Å². The number of carbonyl (C=O) groups excluding carboxylic acids is 1. The second-order valence-corrected chi connectivity index (χ2v) is 5.02. The summed E-state index contributed by atoms with van der Waals surface area (Å²) in [6, 6.07) is 1.97. The third kappa shape index (κ3) is 3.84. The number of aliphatic hydroxyl groups excluding tert-OH is 1. The molecule has 18 heavy (non-hydrogen) atoms. The number of likely N-dealkylation sites (N-methyl/N-ethyl adjacent to an activating group) is 1. The molecule has 1 aromatic heterocycles. The monoisotopic (exact) mass is 253 g/mol. The first kappa shape index (κ1) is 14.7. The summed E-state index contributed by atoms with van der Waals surface area (Å²) in [6.07, 6.45) is 1.04. The summed E-state index contributed by atoms with van der Waals surface area (Å²) in [5, 5.41) is 16.8. The Morgan fingerprint density at radius 2 is 2.22 bits per heavy atom. The number of nitrogens with one attached hydrogen (secondary N) is 1. The van der Waals surface area contributed by atoms with E-state index in [9.17, 15) is 9.90 Å². The van der Waals surface area contributed by atoms with Gasteiger partial charge in [0.15, 0.2) is 0 Å². The van der Waals surface area contributed by atoms with Crippen LogP contribution in [-0.2, 0) is 17.8 Å². The van der Waals surface area contributed by atoms with E-state index in [1.165, 1.54) is 4.90 Å².